The number of aryl methyl sites for hydroxylation is 2. The van der Waals surface area contributed by atoms with Crippen LogP contribution in [0.3, 0.4) is 0 Å². The lowest BCUT2D eigenvalue weighted by Gasteiger charge is -2.35. The highest BCUT2D eigenvalue weighted by Crippen LogP contribution is 2.30. The Morgan fingerprint density at radius 2 is 2.03 bits per heavy atom. The summed E-state index contributed by atoms with van der Waals surface area (Å²) in [6.07, 6.45) is 1.86. The van der Waals surface area contributed by atoms with Gasteiger partial charge < -0.3 is 15.0 Å². The molecule has 7 nitrogen and oxygen atoms in total. The average Bonchev–Trinajstić information content (AvgIpc) is 3.12. The topological polar surface area (TPSA) is 72.3 Å². The highest BCUT2D eigenvalue weighted by atomic mass is 35.5. The van der Waals surface area contributed by atoms with Gasteiger partial charge in [-0.05, 0) is 57.0 Å². The summed E-state index contributed by atoms with van der Waals surface area (Å²) in [5, 5.41) is 7.88. The second-order valence-electron chi connectivity index (χ2n) is 7.77. The van der Waals surface area contributed by atoms with Crippen LogP contribution in [0.15, 0.2) is 42.5 Å². The minimum absolute atomic E-state index is 0.0126. The number of hydrogen-bond donors (Lipinski definition) is 1. The van der Waals surface area contributed by atoms with E-state index in [0.29, 0.717) is 17.4 Å². The molecule has 0 bridgehead atoms. The summed E-state index contributed by atoms with van der Waals surface area (Å²) in [5.41, 5.74) is 3.07. The molecule has 1 atom stereocenters. The number of nitrogens with one attached hydrogen (secondary N) is 1. The van der Waals surface area contributed by atoms with Gasteiger partial charge in [0.25, 0.3) is 5.91 Å². The third kappa shape index (κ3) is 4.51. The zero-order valence-electron chi connectivity index (χ0n) is 17.9. The standard InChI is InChI=1S/C23H26ClN5O2/c1-15-13-16(2)29(27-15)21-11-10-18(24)22(26-21)23(30)25-17-7-6-12-28(14-17)19-8-4-5-9-20(19)31-3/h4-5,8-11,13,17H,6-7,12,14H2,1-3H3,(H,25,30). The van der Waals surface area contributed by atoms with Gasteiger partial charge in [-0.25, -0.2) is 9.67 Å². The van der Waals surface area contributed by atoms with Crippen LogP contribution < -0.4 is 15.0 Å². The SMILES string of the molecule is COc1ccccc1N1CCCC(NC(=O)c2nc(-n3nc(C)cc3C)ccc2Cl)C1. The normalized spacial score (nSPS) is 16.3. The van der Waals surface area contributed by atoms with E-state index in [-0.39, 0.29) is 17.6 Å². The summed E-state index contributed by atoms with van der Waals surface area (Å²) in [6, 6.07) is 13.3. The second-order valence-corrected chi connectivity index (χ2v) is 8.18. The first-order chi connectivity index (χ1) is 15.0. The third-order valence-electron chi connectivity index (χ3n) is 5.46. The number of nitrogens with zero attached hydrogens (tertiary/aromatic N) is 4. The maximum Gasteiger partial charge on any atom is 0.271 e. The van der Waals surface area contributed by atoms with Crippen molar-refractivity contribution in [2.45, 2.75) is 32.7 Å². The second kappa shape index (κ2) is 8.98. The number of para-hydroxylation sites is 2. The van der Waals surface area contributed by atoms with Crippen molar-refractivity contribution in [3.8, 4) is 11.6 Å². The Labute approximate surface area is 187 Å². The van der Waals surface area contributed by atoms with Crippen LogP contribution >= 0.6 is 11.6 Å². The number of amides is 1. The number of pyridine rings is 1. The van der Waals surface area contributed by atoms with Crippen molar-refractivity contribution in [3.63, 3.8) is 0 Å². The molecule has 2 aromatic heterocycles. The molecular weight excluding hydrogens is 414 g/mol. The Kier molecular flexibility index (Phi) is 6.13. The Balaban J connectivity index is 1.51. The molecular formula is C23H26ClN5O2. The first kappa shape index (κ1) is 21.2. The number of rotatable bonds is 5. The van der Waals surface area contributed by atoms with Crippen molar-refractivity contribution in [2.24, 2.45) is 0 Å². The third-order valence-corrected chi connectivity index (χ3v) is 5.76. The molecule has 1 aliphatic heterocycles. The highest BCUT2D eigenvalue weighted by molar-refractivity contribution is 6.33. The summed E-state index contributed by atoms with van der Waals surface area (Å²) in [5.74, 6) is 1.12. The van der Waals surface area contributed by atoms with E-state index in [1.807, 2.05) is 44.2 Å². The molecule has 3 aromatic rings. The maximum absolute atomic E-state index is 13.0. The molecule has 3 heterocycles. The van der Waals surface area contributed by atoms with Crippen molar-refractivity contribution in [1.29, 1.82) is 0 Å². The van der Waals surface area contributed by atoms with Crippen LogP contribution in [0.2, 0.25) is 5.02 Å². The molecule has 4 rings (SSSR count). The molecule has 0 radical (unpaired) electrons. The van der Waals surface area contributed by atoms with Gasteiger partial charge in [0, 0.05) is 24.8 Å². The average molecular weight is 440 g/mol. The zero-order valence-corrected chi connectivity index (χ0v) is 18.7. The van der Waals surface area contributed by atoms with Gasteiger partial charge in [-0.2, -0.15) is 5.10 Å². The number of hydrogen-bond acceptors (Lipinski definition) is 5. The lowest BCUT2D eigenvalue weighted by Crippen LogP contribution is -2.48. The Bertz CT molecular complexity index is 1100. The molecule has 1 amide bonds. The number of ether oxygens (including phenoxy) is 1. The number of aromatic nitrogens is 3. The summed E-state index contributed by atoms with van der Waals surface area (Å²) in [6.45, 7) is 5.48. The summed E-state index contributed by atoms with van der Waals surface area (Å²) < 4.78 is 7.22. The minimum atomic E-state index is -0.278. The Morgan fingerprint density at radius 3 is 2.77 bits per heavy atom. The predicted molar refractivity (Wildman–Crippen MR) is 122 cm³/mol. The molecule has 0 aliphatic carbocycles. The number of methoxy groups -OCH3 is 1. The molecule has 1 unspecified atom stereocenters. The van der Waals surface area contributed by atoms with E-state index in [1.54, 1.807) is 23.9 Å². The van der Waals surface area contributed by atoms with Crippen LogP contribution in [0.4, 0.5) is 5.69 Å². The van der Waals surface area contributed by atoms with E-state index in [4.69, 9.17) is 16.3 Å². The Morgan fingerprint density at radius 1 is 1.23 bits per heavy atom. The fourth-order valence-corrected chi connectivity index (χ4v) is 4.22. The van der Waals surface area contributed by atoms with Crippen LogP contribution in [0.5, 0.6) is 5.75 Å². The van der Waals surface area contributed by atoms with E-state index in [0.717, 1.165) is 42.2 Å². The summed E-state index contributed by atoms with van der Waals surface area (Å²) in [4.78, 5) is 19.8. The van der Waals surface area contributed by atoms with Crippen LogP contribution in [0, 0.1) is 13.8 Å². The van der Waals surface area contributed by atoms with Crippen molar-refractivity contribution in [2.75, 3.05) is 25.1 Å². The first-order valence-electron chi connectivity index (χ1n) is 10.4. The maximum atomic E-state index is 13.0. The lowest BCUT2D eigenvalue weighted by molar-refractivity contribution is 0.0928. The van der Waals surface area contributed by atoms with Gasteiger partial charge in [-0.1, -0.05) is 23.7 Å². The van der Waals surface area contributed by atoms with E-state index in [1.165, 1.54) is 0 Å². The summed E-state index contributed by atoms with van der Waals surface area (Å²) in [7, 11) is 1.67. The van der Waals surface area contributed by atoms with E-state index >= 15 is 0 Å². The molecule has 1 saturated heterocycles. The number of halogens is 1. The first-order valence-corrected chi connectivity index (χ1v) is 10.7. The molecule has 162 valence electrons. The van der Waals surface area contributed by atoms with Gasteiger partial charge in [0.1, 0.15) is 11.4 Å². The van der Waals surface area contributed by atoms with Crippen molar-refractivity contribution in [1.82, 2.24) is 20.1 Å². The number of benzene rings is 1. The minimum Gasteiger partial charge on any atom is -0.495 e. The Hall–Kier alpha value is -3.06. The molecule has 1 aromatic carbocycles. The molecule has 1 fully saturated rings. The highest BCUT2D eigenvalue weighted by Gasteiger charge is 2.25. The van der Waals surface area contributed by atoms with Crippen molar-refractivity contribution in [3.05, 3.63) is 64.6 Å². The zero-order chi connectivity index (χ0) is 22.0. The molecule has 0 saturated carbocycles. The van der Waals surface area contributed by atoms with Gasteiger partial charge in [0.15, 0.2) is 5.82 Å². The van der Waals surface area contributed by atoms with Crippen LogP contribution in [-0.4, -0.2) is 46.9 Å². The molecule has 1 aliphatic rings. The van der Waals surface area contributed by atoms with E-state index < -0.39 is 0 Å². The number of anilines is 1. The van der Waals surface area contributed by atoms with Crippen molar-refractivity contribution < 1.29 is 9.53 Å². The van der Waals surface area contributed by atoms with Crippen LogP contribution in [0.25, 0.3) is 5.82 Å². The smallest absolute Gasteiger partial charge is 0.271 e. The largest absolute Gasteiger partial charge is 0.495 e. The molecule has 8 heteroatoms. The predicted octanol–water partition coefficient (Wildman–Crippen LogP) is 3.94. The number of piperidine rings is 1. The van der Waals surface area contributed by atoms with E-state index in [9.17, 15) is 4.79 Å². The van der Waals surface area contributed by atoms with Gasteiger partial charge >= 0.3 is 0 Å². The van der Waals surface area contributed by atoms with Crippen molar-refractivity contribution >= 4 is 23.2 Å². The number of carbonyl (C=O) groups excluding carboxylic acids is 1. The lowest BCUT2D eigenvalue weighted by atomic mass is 10.0. The molecule has 31 heavy (non-hydrogen) atoms. The summed E-state index contributed by atoms with van der Waals surface area (Å²) >= 11 is 6.33. The van der Waals surface area contributed by atoms with Crippen LogP contribution in [-0.2, 0) is 0 Å². The fourth-order valence-electron chi connectivity index (χ4n) is 4.03. The monoisotopic (exact) mass is 439 g/mol. The van der Waals surface area contributed by atoms with Gasteiger partial charge in [-0.3, -0.25) is 4.79 Å². The van der Waals surface area contributed by atoms with E-state index in [2.05, 4.69) is 20.3 Å². The van der Waals surface area contributed by atoms with Gasteiger partial charge in [-0.15, -0.1) is 0 Å². The fraction of sp³-hybridized carbons (Fsp3) is 0.348. The number of carbonyl (C=O) groups is 1. The quantitative estimate of drug-likeness (QED) is 0.651. The van der Waals surface area contributed by atoms with Gasteiger partial charge in [0.2, 0.25) is 0 Å². The molecule has 1 N–H and O–H groups in total. The van der Waals surface area contributed by atoms with Gasteiger partial charge in [0.05, 0.1) is 23.5 Å². The molecule has 0 spiro atoms. The van der Waals surface area contributed by atoms with Crippen LogP contribution in [0.1, 0.15) is 34.7 Å².